The van der Waals surface area contributed by atoms with Crippen LogP contribution in [0.25, 0.3) is 0 Å². The number of carboxylic acids is 1. The van der Waals surface area contributed by atoms with Gasteiger partial charge in [-0.1, -0.05) is 12.1 Å². The molecule has 0 radical (unpaired) electrons. The van der Waals surface area contributed by atoms with Crippen LogP contribution in [0.3, 0.4) is 0 Å². The molecule has 0 fully saturated rings. The fourth-order valence-electron chi connectivity index (χ4n) is 3.50. The average Bonchev–Trinajstić information content (AvgIpc) is 3.39. The number of hydrogen-bond acceptors (Lipinski definition) is 8. The molecule has 0 spiro atoms. The lowest BCUT2D eigenvalue weighted by atomic mass is 10.0. The molecule has 2 aromatic rings. The molecule has 212 valence electrons. The number of guanidine groups is 1. The third-order valence-corrected chi connectivity index (χ3v) is 5.66. The molecular formula is C24H35N9O6. The molecule has 0 aliphatic carbocycles. The predicted octanol–water partition coefficient (Wildman–Crippen LogP) is -2.16. The summed E-state index contributed by atoms with van der Waals surface area (Å²) >= 11 is 0. The van der Waals surface area contributed by atoms with Gasteiger partial charge in [-0.25, -0.2) is 9.78 Å². The van der Waals surface area contributed by atoms with Gasteiger partial charge in [0.2, 0.25) is 17.7 Å². The van der Waals surface area contributed by atoms with Crippen molar-refractivity contribution < 1.29 is 29.4 Å². The summed E-state index contributed by atoms with van der Waals surface area (Å²) in [6.07, 6.45) is 3.51. The van der Waals surface area contributed by atoms with Crippen LogP contribution >= 0.6 is 0 Å². The van der Waals surface area contributed by atoms with Gasteiger partial charge in [-0.05, 0) is 37.5 Å². The number of aromatic nitrogens is 2. The molecule has 0 saturated heterocycles. The molecule has 1 aromatic carbocycles. The van der Waals surface area contributed by atoms with Gasteiger partial charge in [0.05, 0.1) is 12.4 Å². The maximum Gasteiger partial charge on any atom is 0.326 e. The number of amides is 3. The second-order valence-electron chi connectivity index (χ2n) is 8.90. The number of rotatable bonds is 15. The van der Waals surface area contributed by atoms with Crippen LogP contribution in [-0.4, -0.2) is 80.5 Å². The van der Waals surface area contributed by atoms with Crippen LogP contribution in [0, 0.1) is 0 Å². The van der Waals surface area contributed by atoms with Crippen LogP contribution in [-0.2, 0) is 32.0 Å². The normalized spacial score (nSPS) is 13.8. The zero-order valence-corrected chi connectivity index (χ0v) is 21.5. The molecule has 1 aromatic heterocycles. The number of phenols is 1. The van der Waals surface area contributed by atoms with E-state index in [4.69, 9.17) is 17.2 Å². The van der Waals surface area contributed by atoms with Crippen molar-refractivity contribution >= 4 is 29.7 Å². The third-order valence-electron chi connectivity index (χ3n) is 5.66. The highest BCUT2D eigenvalue weighted by atomic mass is 16.4. The number of H-pyrrole nitrogens is 1. The molecule has 15 nitrogen and oxygen atoms in total. The van der Waals surface area contributed by atoms with Crippen molar-refractivity contribution in [2.24, 2.45) is 22.2 Å². The van der Waals surface area contributed by atoms with E-state index in [-0.39, 0.29) is 31.0 Å². The number of nitrogens with two attached hydrogens (primary N) is 3. The Morgan fingerprint density at radius 3 is 2.26 bits per heavy atom. The first-order valence-electron chi connectivity index (χ1n) is 12.2. The number of carbonyl (C=O) groups excluding carboxylic acids is 3. The number of carboxylic acid groups (broad SMARTS) is 1. The number of aromatic hydroxyl groups is 1. The van der Waals surface area contributed by atoms with Crippen LogP contribution in [0.15, 0.2) is 41.8 Å². The number of hydrogen-bond donors (Lipinski definition) is 9. The molecule has 1 heterocycles. The minimum atomic E-state index is -1.31. The van der Waals surface area contributed by atoms with Crippen molar-refractivity contribution in [1.29, 1.82) is 0 Å². The lowest BCUT2D eigenvalue weighted by molar-refractivity contribution is -0.142. The molecule has 4 atom stereocenters. The number of benzene rings is 1. The summed E-state index contributed by atoms with van der Waals surface area (Å²) < 4.78 is 0. The van der Waals surface area contributed by atoms with E-state index in [1.54, 1.807) is 0 Å². The molecule has 3 amide bonds. The molecule has 0 aliphatic rings. The summed E-state index contributed by atoms with van der Waals surface area (Å²) in [6.45, 7) is 1.73. The topological polar surface area (TPSA) is 264 Å². The Bertz CT molecular complexity index is 1130. The molecule has 0 bridgehead atoms. The van der Waals surface area contributed by atoms with Gasteiger partial charge < -0.3 is 48.3 Å². The largest absolute Gasteiger partial charge is 0.508 e. The van der Waals surface area contributed by atoms with Gasteiger partial charge in [-0.2, -0.15) is 0 Å². The first-order chi connectivity index (χ1) is 18.5. The van der Waals surface area contributed by atoms with Gasteiger partial charge in [0, 0.05) is 31.3 Å². The highest BCUT2D eigenvalue weighted by molar-refractivity contribution is 5.94. The minimum Gasteiger partial charge on any atom is -0.508 e. The van der Waals surface area contributed by atoms with E-state index in [0.717, 1.165) is 0 Å². The van der Waals surface area contributed by atoms with Crippen molar-refractivity contribution in [3.05, 3.63) is 48.0 Å². The van der Waals surface area contributed by atoms with E-state index in [2.05, 4.69) is 30.9 Å². The van der Waals surface area contributed by atoms with Crippen molar-refractivity contribution in [1.82, 2.24) is 25.9 Å². The highest BCUT2D eigenvalue weighted by Crippen LogP contribution is 2.12. The lowest BCUT2D eigenvalue weighted by Gasteiger charge is -2.23. The summed E-state index contributed by atoms with van der Waals surface area (Å²) in [5, 5.41) is 26.6. The lowest BCUT2D eigenvalue weighted by Crippen LogP contribution is -2.57. The van der Waals surface area contributed by atoms with Crippen molar-refractivity contribution in [3.63, 3.8) is 0 Å². The number of phenolic OH excluding ortho intramolecular Hbond substituents is 1. The van der Waals surface area contributed by atoms with Crippen molar-refractivity contribution in [3.8, 4) is 5.75 Å². The summed E-state index contributed by atoms with van der Waals surface area (Å²) in [5.41, 5.74) is 17.5. The molecule has 39 heavy (non-hydrogen) atoms. The van der Waals surface area contributed by atoms with Crippen LogP contribution in [0.4, 0.5) is 0 Å². The number of aliphatic carboxylic acids is 1. The summed E-state index contributed by atoms with van der Waals surface area (Å²) in [7, 11) is 0. The SMILES string of the molecule is CC(NC(=O)C(N)CCCN=C(N)N)C(=O)NC(Cc1cnc[nH]1)C(=O)NC(Cc1ccc(O)cc1)C(=O)O. The average molecular weight is 546 g/mol. The van der Waals surface area contributed by atoms with Gasteiger partial charge >= 0.3 is 5.97 Å². The standard InChI is InChI=1S/C24H35N9O6/c1-13(31-21(36)17(25)3-2-8-29-24(26)27)20(35)32-18(10-15-11-28-12-30-15)22(37)33-19(23(38)39)9-14-4-6-16(34)7-5-14/h4-7,11-13,17-19,34H,2-3,8-10,25H2,1H3,(H,28,30)(H,31,36)(H,32,35)(H,33,37)(H,38,39)(H4,26,27,29). The first-order valence-corrected chi connectivity index (χ1v) is 12.2. The first kappa shape index (κ1) is 30.6. The Balaban J connectivity index is 2.03. The quantitative estimate of drug-likeness (QED) is 0.0664. The molecule has 0 aliphatic heterocycles. The second kappa shape index (κ2) is 14.9. The van der Waals surface area contributed by atoms with Gasteiger partial charge in [-0.3, -0.25) is 19.4 Å². The van der Waals surface area contributed by atoms with Crippen molar-refractivity contribution in [2.45, 2.75) is 56.8 Å². The Hall–Kier alpha value is -4.66. The summed E-state index contributed by atoms with van der Waals surface area (Å²) in [5.74, 6) is -3.33. The van der Waals surface area contributed by atoms with Gasteiger partial charge in [0.1, 0.15) is 23.9 Å². The maximum absolute atomic E-state index is 13.1. The monoisotopic (exact) mass is 545 g/mol. The Morgan fingerprint density at radius 2 is 1.67 bits per heavy atom. The van der Waals surface area contributed by atoms with E-state index in [0.29, 0.717) is 24.2 Å². The number of aromatic amines is 1. The van der Waals surface area contributed by atoms with E-state index in [1.165, 1.54) is 43.7 Å². The molecule has 0 saturated carbocycles. The molecule has 12 N–H and O–H groups in total. The fourth-order valence-corrected chi connectivity index (χ4v) is 3.50. The van der Waals surface area contributed by atoms with Gasteiger partial charge in [-0.15, -0.1) is 0 Å². The van der Waals surface area contributed by atoms with E-state index >= 15 is 0 Å². The van der Waals surface area contributed by atoms with Gasteiger partial charge in [0.25, 0.3) is 0 Å². The number of nitrogens with one attached hydrogen (secondary N) is 4. The predicted molar refractivity (Wildman–Crippen MR) is 141 cm³/mol. The second-order valence-corrected chi connectivity index (χ2v) is 8.90. The van der Waals surface area contributed by atoms with Gasteiger partial charge in [0.15, 0.2) is 5.96 Å². The van der Waals surface area contributed by atoms with E-state index in [1.807, 2.05) is 0 Å². The van der Waals surface area contributed by atoms with Crippen molar-refractivity contribution in [2.75, 3.05) is 6.54 Å². The Labute approximate surface area is 224 Å². The Morgan fingerprint density at radius 1 is 1.00 bits per heavy atom. The smallest absolute Gasteiger partial charge is 0.326 e. The number of carbonyl (C=O) groups is 4. The third kappa shape index (κ3) is 10.7. The Kier molecular flexibility index (Phi) is 11.7. The van der Waals surface area contributed by atoms with Crippen LogP contribution < -0.4 is 33.2 Å². The zero-order valence-electron chi connectivity index (χ0n) is 21.5. The van der Waals surface area contributed by atoms with Crippen LogP contribution in [0.1, 0.15) is 31.0 Å². The highest BCUT2D eigenvalue weighted by Gasteiger charge is 2.29. The summed E-state index contributed by atoms with van der Waals surface area (Å²) in [4.78, 5) is 60.8. The molecule has 2 rings (SSSR count). The number of nitrogens with zero attached hydrogens (tertiary/aromatic N) is 2. The summed E-state index contributed by atoms with van der Waals surface area (Å²) in [6, 6.07) is 1.44. The van der Waals surface area contributed by atoms with E-state index in [9.17, 15) is 29.4 Å². The molecule has 4 unspecified atom stereocenters. The number of aliphatic imine (C=N–C) groups is 1. The zero-order chi connectivity index (χ0) is 28.9. The molecular weight excluding hydrogens is 510 g/mol. The van der Waals surface area contributed by atoms with Crippen LogP contribution in [0.5, 0.6) is 5.75 Å². The number of imidazole rings is 1. The van der Waals surface area contributed by atoms with Crippen LogP contribution in [0.2, 0.25) is 0 Å². The maximum atomic E-state index is 13.1. The van der Waals surface area contributed by atoms with E-state index < -0.39 is 47.9 Å². The fraction of sp³-hybridized carbons (Fsp3) is 0.417. The molecule has 15 heteroatoms. The minimum absolute atomic E-state index is 0.0186.